The molecule has 0 bridgehead atoms. The van der Waals surface area contributed by atoms with Gasteiger partial charge in [0.15, 0.2) is 0 Å². The van der Waals surface area contributed by atoms with Gasteiger partial charge in [0.25, 0.3) is 0 Å². The molecule has 1 aliphatic rings. The summed E-state index contributed by atoms with van der Waals surface area (Å²) in [6.45, 7) is 3.17. The fraction of sp³-hybridized carbons (Fsp3) is 0.529. The largest absolute Gasteiger partial charge is 0.307 e. The molecule has 110 valence electrons. The number of likely N-dealkylation sites (N-methyl/N-ethyl adjacent to an activating group) is 1. The number of allylic oxidation sites excluding steroid dienone is 1. The highest BCUT2D eigenvalue weighted by Crippen LogP contribution is 2.34. The summed E-state index contributed by atoms with van der Waals surface area (Å²) in [7, 11) is 0. The van der Waals surface area contributed by atoms with Crippen molar-refractivity contribution in [2.75, 3.05) is 6.54 Å². The number of benzene rings is 1. The van der Waals surface area contributed by atoms with Gasteiger partial charge >= 0.3 is 0 Å². The van der Waals surface area contributed by atoms with E-state index in [2.05, 4.69) is 68.4 Å². The van der Waals surface area contributed by atoms with Crippen LogP contribution in [0.1, 0.15) is 57.1 Å². The molecule has 1 aliphatic carbocycles. The zero-order chi connectivity index (χ0) is 14.4. The smallest absolute Gasteiger partial charge is 0.0547 e. The molecule has 3 heteroatoms. The summed E-state index contributed by atoms with van der Waals surface area (Å²) in [6, 6.07) is 6.79. The third-order valence-electron chi connectivity index (χ3n) is 3.87. The van der Waals surface area contributed by atoms with Crippen molar-refractivity contribution in [1.82, 2.24) is 5.32 Å². The lowest BCUT2D eigenvalue weighted by Crippen LogP contribution is -2.23. The first-order chi connectivity index (χ1) is 9.72. The number of hydrogen-bond donors (Lipinski definition) is 1. The molecule has 1 nitrogen and oxygen atoms in total. The fourth-order valence-electron chi connectivity index (χ4n) is 2.86. The molecule has 0 saturated carbocycles. The van der Waals surface area contributed by atoms with Crippen LogP contribution in [0.3, 0.4) is 0 Å². The summed E-state index contributed by atoms with van der Waals surface area (Å²) in [4.78, 5) is 0. The molecule has 1 N–H and O–H groups in total. The van der Waals surface area contributed by atoms with E-state index in [1.807, 2.05) is 0 Å². The highest BCUT2D eigenvalue weighted by Gasteiger charge is 2.19. The maximum Gasteiger partial charge on any atom is 0.0547 e. The van der Waals surface area contributed by atoms with Gasteiger partial charge in [0.2, 0.25) is 0 Å². The summed E-state index contributed by atoms with van der Waals surface area (Å²) in [5.74, 6) is 0. The molecular weight excluding hydrogens is 378 g/mol. The quantitative estimate of drug-likeness (QED) is 0.598. The van der Waals surface area contributed by atoms with Gasteiger partial charge in [0, 0.05) is 8.95 Å². The van der Waals surface area contributed by atoms with Crippen molar-refractivity contribution in [3.05, 3.63) is 44.4 Å². The first-order valence-electron chi connectivity index (χ1n) is 7.59. The molecule has 1 aromatic carbocycles. The second-order valence-electron chi connectivity index (χ2n) is 5.39. The second kappa shape index (κ2) is 8.35. The molecule has 0 aromatic heterocycles. The first kappa shape index (κ1) is 16.3. The molecule has 2 rings (SSSR count). The van der Waals surface area contributed by atoms with E-state index < -0.39 is 0 Å². The Hall–Kier alpha value is -0.120. The molecular formula is C17H23Br2N. The zero-order valence-corrected chi connectivity index (χ0v) is 15.3. The van der Waals surface area contributed by atoms with Crippen molar-refractivity contribution >= 4 is 31.9 Å². The minimum Gasteiger partial charge on any atom is -0.307 e. The van der Waals surface area contributed by atoms with Crippen LogP contribution in [0.25, 0.3) is 0 Å². The van der Waals surface area contributed by atoms with Crippen molar-refractivity contribution in [3.8, 4) is 0 Å². The predicted molar refractivity (Wildman–Crippen MR) is 94.0 cm³/mol. The van der Waals surface area contributed by atoms with Crippen LogP contribution in [0.5, 0.6) is 0 Å². The summed E-state index contributed by atoms with van der Waals surface area (Å²) in [6.07, 6.45) is 10.3. The molecule has 20 heavy (non-hydrogen) atoms. The minimum atomic E-state index is 0.338. The Bertz CT molecular complexity index is 468. The van der Waals surface area contributed by atoms with Gasteiger partial charge in [-0.05, 0) is 56.0 Å². The van der Waals surface area contributed by atoms with E-state index >= 15 is 0 Å². The van der Waals surface area contributed by atoms with E-state index in [0.29, 0.717) is 6.04 Å². The van der Waals surface area contributed by atoms with Gasteiger partial charge in [0.1, 0.15) is 0 Å². The zero-order valence-electron chi connectivity index (χ0n) is 12.1. The average molecular weight is 401 g/mol. The summed E-state index contributed by atoms with van der Waals surface area (Å²) < 4.78 is 2.33. The van der Waals surface area contributed by atoms with Crippen LogP contribution in [0.4, 0.5) is 0 Å². The fourth-order valence-corrected chi connectivity index (χ4v) is 3.71. The van der Waals surface area contributed by atoms with Gasteiger partial charge in [-0.2, -0.15) is 0 Å². The maximum atomic E-state index is 3.71. The Kier molecular flexibility index (Phi) is 6.79. The standard InChI is InChI=1S/C17H23Br2N/c1-2-20-17(13-8-6-4-3-5-7-9-13)15-12-14(18)10-11-16(15)19/h8,10-12,17,20H,2-7,9H2,1H3/b13-8+. The molecule has 0 amide bonds. The number of hydrogen-bond acceptors (Lipinski definition) is 1. The van der Waals surface area contributed by atoms with Crippen LogP contribution in [-0.4, -0.2) is 6.54 Å². The Balaban J connectivity index is 2.31. The Morgan fingerprint density at radius 2 is 1.95 bits per heavy atom. The monoisotopic (exact) mass is 399 g/mol. The lowest BCUT2D eigenvalue weighted by molar-refractivity contribution is 0.553. The molecule has 1 atom stereocenters. The second-order valence-corrected chi connectivity index (χ2v) is 7.16. The molecule has 0 fully saturated rings. The van der Waals surface area contributed by atoms with Gasteiger partial charge in [0.05, 0.1) is 6.04 Å². The van der Waals surface area contributed by atoms with Crippen LogP contribution < -0.4 is 5.32 Å². The SMILES string of the molecule is CCNC(/C1=C/CCCCCC1)c1cc(Br)ccc1Br. The average Bonchev–Trinajstić information content (AvgIpc) is 2.40. The molecule has 0 heterocycles. The summed E-state index contributed by atoms with van der Waals surface area (Å²) in [5, 5.41) is 3.67. The topological polar surface area (TPSA) is 12.0 Å². The molecule has 0 saturated heterocycles. The molecule has 0 aliphatic heterocycles. The first-order valence-corrected chi connectivity index (χ1v) is 9.18. The van der Waals surface area contributed by atoms with Crippen LogP contribution >= 0.6 is 31.9 Å². The van der Waals surface area contributed by atoms with Crippen molar-refractivity contribution in [2.45, 2.75) is 51.5 Å². The summed E-state index contributed by atoms with van der Waals surface area (Å²) >= 11 is 7.31. The Morgan fingerprint density at radius 3 is 2.75 bits per heavy atom. The highest BCUT2D eigenvalue weighted by molar-refractivity contribution is 9.11. The van der Waals surface area contributed by atoms with Crippen LogP contribution in [0, 0.1) is 0 Å². The normalized spacial score (nSPS) is 20.6. The lowest BCUT2D eigenvalue weighted by atomic mass is 9.91. The van der Waals surface area contributed by atoms with E-state index in [4.69, 9.17) is 0 Å². The van der Waals surface area contributed by atoms with Gasteiger partial charge in [-0.25, -0.2) is 0 Å². The molecule has 1 unspecified atom stereocenters. The Morgan fingerprint density at radius 1 is 1.15 bits per heavy atom. The lowest BCUT2D eigenvalue weighted by Gasteiger charge is -2.25. The van der Waals surface area contributed by atoms with E-state index in [0.717, 1.165) is 11.0 Å². The molecule has 0 spiro atoms. The predicted octanol–water partition coefficient (Wildman–Crippen LogP) is 6.14. The van der Waals surface area contributed by atoms with Crippen molar-refractivity contribution in [1.29, 1.82) is 0 Å². The van der Waals surface area contributed by atoms with Gasteiger partial charge in [-0.3, -0.25) is 0 Å². The van der Waals surface area contributed by atoms with Crippen LogP contribution in [0.15, 0.2) is 38.8 Å². The number of rotatable bonds is 4. The van der Waals surface area contributed by atoms with E-state index in [1.54, 1.807) is 5.57 Å². The van der Waals surface area contributed by atoms with Gasteiger partial charge < -0.3 is 5.32 Å². The van der Waals surface area contributed by atoms with Crippen molar-refractivity contribution in [3.63, 3.8) is 0 Å². The van der Waals surface area contributed by atoms with Crippen molar-refractivity contribution in [2.24, 2.45) is 0 Å². The highest BCUT2D eigenvalue weighted by atomic mass is 79.9. The van der Waals surface area contributed by atoms with Gasteiger partial charge in [-0.1, -0.05) is 63.3 Å². The van der Waals surface area contributed by atoms with Gasteiger partial charge in [-0.15, -0.1) is 0 Å². The third kappa shape index (κ3) is 4.44. The maximum absolute atomic E-state index is 3.71. The van der Waals surface area contributed by atoms with E-state index in [-0.39, 0.29) is 0 Å². The van der Waals surface area contributed by atoms with Crippen molar-refractivity contribution < 1.29 is 0 Å². The number of nitrogens with one attached hydrogen (secondary N) is 1. The molecule has 0 radical (unpaired) electrons. The molecule has 1 aromatic rings. The van der Waals surface area contributed by atoms with E-state index in [9.17, 15) is 0 Å². The number of halogens is 2. The summed E-state index contributed by atoms with van der Waals surface area (Å²) in [5.41, 5.74) is 2.90. The van der Waals surface area contributed by atoms with E-state index in [1.165, 1.54) is 48.6 Å². The minimum absolute atomic E-state index is 0.338. The van der Waals surface area contributed by atoms with Crippen LogP contribution in [0.2, 0.25) is 0 Å². The Labute approximate surface area is 139 Å². The third-order valence-corrected chi connectivity index (χ3v) is 5.09. The van der Waals surface area contributed by atoms with Crippen LogP contribution in [-0.2, 0) is 0 Å².